The maximum absolute atomic E-state index is 12.0. The number of rotatable bonds is 11. The van der Waals surface area contributed by atoms with Crippen molar-refractivity contribution in [3.8, 4) is 0 Å². The first-order valence-electron chi connectivity index (χ1n) is 13.5. The molecule has 0 aromatic heterocycles. The summed E-state index contributed by atoms with van der Waals surface area (Å²) in [7, 11) is 0. The lowest BCUT2D eigenvalue weighted by Gasteiger charge is -2.30. The summed E-state index contributed by atoms with van der Waals surface area (Å²) in [6.45, 7) is 6.12. The molecule has 1 aliphatic carbocycles. The Balaban J connectivity index is 1.43. The summed E-state index contributed by atoms with van der Waals surface area (Å²) in [5, 5.41) is 0. The molecule has 6 heteroatoms. The number of carbonyl (C=O) groups is 1. The number of fused-ring (bicyclic) bond motifs is 1. The van der Waals surface area contributed by atoms with Gasteiger partial charge in [0, 0.05) is 31.5 Å². The Morgan fingerprint density at radius 2 is 1.85 bits per heavy atom. The predicted octanol–water partition coefficient (Wildman–Crippen LogP) is 5.53. The number of esters is 1. The van der Waals surface area contributed by atoms with Crippen LogP contribution in [0.5, 0.6) is 0 Å². The summed E-state index contributed by atoms with van der Waals surface area (Å²) in [6, 6.07) is 0. The maximum atomic E-state index is 12.0. The summed E-state index contributed by atoms with van der Waals surface area (Å²) >= 11 is 0. The van der Waals surface area contributed by atoms with Crippen LogP contribution in [-0.4, -0.2) is 50.1 Å². The highest BCUT2D eigenvalue weighted by Gasteiger charge is 2.50. The fourth-order valence-corrected chi connectivity index (χ4v) is 5.84. The van der Waals surface area contributed by atoms with Crippen molar-refractivity contribution in [3.63, 3.8) is 0 Å². The van der Waals surface area contributed by atoms with Gasteiger partial charge in [-0.2, -0.15) is 0 Å². The SMILES string of the molecule is CCCC[C@H](C)C[C@@H](/C=C/[C@@H]1[C@H]2CC(=O)O[C@H]2C[C@H]1O[C@H]1CCCCO1)O[C@@H]1CCCCO1. The van der Waals surface area contributed by atoms with Crippen molar-refractivity contribution in [1.29, 1.82) is 0 Å². The summed E-state index contributed by atoms with van der Waals surface area (Å²) in [6.07, 6.45) is 16.6. The van der Waals surface area contributed by atoms with Crippen LogP contribution in [0.1, 0.15) is 90.9 Å². The van der Waals surface area contributed by atoms with E-state index >= 15 is 0 Å². The Morgan fingerprint density at radius 1 is 1.09 bits per heavy atom. The lowest BCUT2D eigenvalue weighted by atomic mass is 9.90. The van der Waals surface area contributed by atoms with E-state index in [9.17, 15) is 4.79 Å². The van der Waals surface area contributed by atoms with Crippen LogP contribution >= 0.6 is 0 Å². The number of ether oxygens (including phenoxy) is 5. The highest BCUT2D eigenvalue weighted by atomic mass is 16.7. The van der Waals surface area contributed by atoms with Crippen molar-refractivity contribution < 1.29 is 28.5 Å². The first-order chi connectivity index (χ1) is 16.1. The second-order valence-corrected chi connectivity index (χ2v) is 10.5. The van der Waals surface area contributed by atoms with Crippen molar-refractivity contribution in [3.05, 3.63) is 12.2 Å². The second kappa shape index (κ2) is 12.7. The number of carbonyl (C=O) groups excluding carboxylic acids is 1. The summed E-state index contributed by atoms with van der Waals surface area (Å²) in [5.41, 5.74) is 0. The van der Waals surface area contributed by atoms with Gasteiger partial charge < -0.3 is 23.7 Å². The Labute approximate surface area is 199 Å². The van der Waals surface area contributed by atoms with Gasteiger partial charge in [0.25, 0.3) is 0 Å². The summed E-state index contributed by atoms with van der Waals surface area (Å²) in [5.74, 6) is 0.855. The van der Waals surface area contributed by atoms with Gasteiger partial charge in [-0.05, 0) is 50.9 Å². The minimum atomic E-state index is -0.133. The third-order valence-corrected chi connectivity index (χ3v) is 7.71. The molecule has 4 aliphatic rings. The van der Waals surface area contributed by atoms with Crippen molar-refractivity contribution in [1.82, 2.24) is 0 Å². The normalized spacial score (nSPS) is 36.6. The van der Waals surface area contributed by atoms with Gasteiger partial charge in [0.1, 0.15) is 6.10 Å². The lowest BCUT2D eigenvalue weighted by Crippen LogP contribution is -2.31. The topological polar surface area (TPSA) is 63.2 Å². The van der Waals surface area contributed by atoms with Gasteiger partial charge in [-0.25, -0.2) is 0 Å². The fraction of sp³-hybridized carbons (Fsp3) is 0.889. The largest absolute Gasteiger partial charge is 0.462 e. The molecule has 3 aliphatic heterocycles. The molecule has 0 aromatic rings. The monoisotopic (exact) mass is 464 g/mol. The molecule has 8 atom stereocenters. The van der Waals surface area contributed by atoms with Crippen molar-refractivity contribution in [2.45, 2.75) is 122 Å². The van der Waals surface area contributed by atoms with Gasteiger partial charge >= 0.3 is 5.97 Å². The smallest absolute Gasteiger partial charge is 0.306 e. The highest BCUT2D eigenvalue weighted by molar-refractivity contribution is 5.72. The fourth-order valence-electron chi connectivity index (χ4n) is 5.84. The van der Waals surface area contributed by atoms with Gasteiger partial charge in [0.05, 0.1) is 18.6 Å². The molecule has 0 radical (unpaired) electrons. The Hall–Kier alpha value is -0.950. The zero-order valence-electron chi connectivity index (χ0n) is 20.6. The maximum Gasteiger partial charge on any atom is 0.306 e. The van der Waals surface area contributed by atoms with E-state index in [0.717, 1.165) is 64.6 Å². The molecule has 1 saturated carbocycles. The van der Waals surface area contributed by atoms with Crippen molar-refractivity contribution in [2.24, 2.45) is 17.8 Å². The van der Waals surface area contributed by atoms with E-state index < -0.39 is 0 Å². The lowest BCUT2D eigenvalue weighted by molar-refractivity contribution is -0.194. The molecule has 188 valence electrons. The van der Waals surface area contributed by atoms with E-state index in [0.29, 0.717) is 12.3 Å². The van der Waals surface area contributed by atoms with Crippen LogP contribution < -0.4 is 0 Å². The van der Waals surface area contributed by atoms with E-state index in [1.807, 2.05) is 0 Å². The first kappa shape index (κ1) is 25.2. The summed E-state index contributed by atoms with van der Waals surface area (Å²) in [4.78, 5) is 12.0. The Morgan fingerprint density at radius 3 is 2.55 bits per heavy atom. The van der Waals surface area contributed by atoms with Crippen LogP contribution in [0.3, 0.4) is 0 Å². The molecule has 0 N–H and O–H groups in total. The molecule has 6 nitrogen and oxygen atoms in total. The van der Waals surface area contributed by atoms with Crippen LogP contribution in [0, 0.1) is 17.8 Å². The minimum Gasteiger partial charge on any atom is -0.462 e. The van der Waals surface area contributed by atoms with Gasteiger partial charge in [-0.15, -0.1) is 0 Å². The van der Waals surface area contributed by atoms with Crippen LogP contribution in [-0.2, 0) is 28.5 Å². The third-order valence-electron chi connectivity index (χ3n) is 7.71. The van der Waals surface area contributed by atoms with E-state index in [1.54, 1.807) is 0 Å². The molecule has 0 spiro atoms. The molecule has 0 aromatic carbocycles. The number of hydrogen-bond donors (Lipinski definition) is 0. The Kier molecular flexibility index (Phi) is 9.65. The average molecular weight is 465 g/mol. The number of unbranched alkanes of at least 4 members (excludes halogenated alkanes) is 1. The molecule has 0 amide bonds. The Bertz CT molecular complexity index is 624. The summed E-state index contributed by atoms with van der Waals surface area (Å²) < 4.78 is 30.2. The highest BCUT2D eigenvalue weighted by Crippen LogP contribution is 2.44. The van der Waals surface area contributed by atoms with Crippen LogP contribution in [0.4, 0.5) is 0 Å². The van der Waals surface area contributed by atoms with Crippen LogP contribution in [0.15, 0.2) is 12.2 Å². The van der Waals surface area contributed by atoms with Gasteiger partial charge in [0.2, 0.25) is 0 Å². The van der Waals surface area contributed by atoms with Crippen LogP contribution in [0.25, 0.3) is 0 Å². The molecule has 4 rings (SSSR count). The van der Waals surface area contributed by atoms with E-state index in [1.165, 1.54) is 19.3 Å². The van der Waals surface area contributed by atoms with Gasteiger partial charge in [0.15, 0.2) is 12.6 Å². The molecular formula is C27H44O6. The predicted molar refractivity (Wildman–Crippen MR) is 125 cm³/mol. The van der Waals surface area contributed by atoms with Crippen molar-refractivity contribution >= 4 is 5.97 Å². The quantitative estimate of drug-likeness (QED) is 0.296. The van der Waals surface area contributed by atoms with Gasteiger partial charge in [-0.1, -0.05) is 45.3 Å². The van der Waals surface area contributed by atoms with Crippen molar-refractivity contribution in [2.75, 3.05) is 13.2 Å². The molecule has 3 heterocycles. The second-order valence-electron chi connectivity index (χ2n) is 10.5. The first-order valence-corrected chi connectivity index (χ1v) is 13.5. The molecule has 4 fully saturated rings. The molecule has 0 bridgehead atoms. The van der Waals surface area contributed by atoms with Gasteiger partial charge in [-0.3, -0.25) is 4.79 Å². The average Bonchev–Trinajstić information content (AvgIpc) is 3.32. The standard InChI is InChI=1S/C27H44O6/c1-3-4-9-19(2)16-20(31-26-10-5-7-14-29-26)12-13-21-22-17-25(28)32-24(22)18-23(21)33-27-11-6-8-15-30-27/h12-13,19-24,26-27H,3-11,14-18H2,1-2H3/b13-12+/t19-,20+,21+,22+,23+,24-,26+,27-/m0/s1. The van der Waals surface area contributed by atoms with E-state index in [4.69, 9.17) is 23.7 Å². The van der Waals surface area contributed by atoms with Crippen LogP contribution in [0.2, 0.25) is 0 Å². The molecular weight excluding hydrogens is 420 g/mol. The van der Waals surface area contributed by atoms with E-state index in [2.05, 4.69) is 26.0 Å². The molecule has 3 saturated heterocycles. The molecule has 0 unspecified atom stereocenters. The third kappa shape index (κ3) is 7.27. The zero-order chi connectivity index (χ0) is 23.0. The molecule has 33 heavy (non-hydrogen) atoms. The zero-order valence-corrected chi connectivity index (χ0v) is 20.6. The number of hydrogen-bond acceptors (Lipinski definition) is 6. The van der Waals surface area contributed by atoms with E-state index in [-0.39, 0.29) is 48.7 Å². The minimum absolute atomic E-state index is 0.0172.